The van der Waals surface area contributed by atoms with E-state index in [9.17, 15) is 18.0 Å². The Kier molecular flexibility index (Phi) is 4.46. The van der Waals surface area contributed by atoms with E-state index in [1.165, 1.54) is 18.2 Å². The summed E-state index contributed by atoms with van der Waals surface area (Å²) in [4.78, 5) is 12.1. The van der Waals surface area contributed by atoms with Crippen molar-refractivity contribution in [2.24, 2.45) is 0 Å². The van der Waals surface area contributed by atoms with E-state index in [0.29, 0.717) is 6.42 Å². The first kappa shape index (κ1) is 15.3. The third-order valence-corrected chi connectivity index (χ3v) is 3.26. The molecule has 0 amide bonds. The van der Waals surface area contributed by atoms with E-state index in [4.69, 9.17) is 0 Å². The number of ketones is 1. The summed E-state index contributed by atoms with van der Waals surface area (Å²) in [5.74, 6) is -0.482. The van der Waals surface area contributed by atoms with Crippen LogP contribution in [0.25, 0.3) is 0 Å². The number of Topliss-reactive ketones (excluding diaryl/α,β-unsaturated/α-hetero) is 1. The van der Waals surface area contributed by atoms with Crippen molar-refractivity contribution in [3.8, 4) is 0 Å². The topological polar surface area (TPSA) is 17.1 Å². The largest absolute Gasteiger partial charge is 0.417 e. The SMILES string of the molecule is Cc1cccc(CCC(=O)c2ccccc2C(F)(F)F)c1. The maximum absolute atomic E-state index is 12.9. The second-order valence-electron chi connectivity index (χ2n) is 4.96. The van der Waals surface area contributed by atoms with Crippen LogP contribution in [-0.2, 0) is 12.6 Å². The van der Waals surface area contributed by atoms with Gasteiger partial charge in [-0.1, -0.05) is 48.0 Å². The number of carbonyl (C=O) groups excluding carboxylic acids is 1. The van der Waals surface area contributed by atoms with Crippen LogP contribution in [0.3, 0.4) is 0 Å². The van der Waals surface area contributed by atoms with Crippen LogP contribution >= 0.6 is 0 Å². The number of halogens is 3. The van der Waals surface area contributed by atoms with Crippen molar-refractivity contribution in [3.05, 3.63) is 70.8 Å². The van der Waals surface area contributed by atoms with Gasteiger partial charge in [-0.05, 0) is 25.0 Å². The van der Waals surface area contributed by atoms with Crippen molar-refractivity contribution < 1.29 is 18.0 Å². The van der Waals surface area contributed by atoms with Crippen molar-refractivity contribution in [2.45, 2.75) is 25.9 Å². The summed E-state index contributed by atoms with van der Waals surface area (Å²) < 4.78 is 38.6. The van der Waals surface area contributed by atoms with Crippen LogP contribution < -0.4 is 0 Å². The van der Waals surface area contributed by atoms with E-state index in [0.717, 1.165) is 17.2 Å². The van der Waals surface area contributed by atoms with Gasteiger partial charge in [0.25, 0.3) is 0 Å². The summed E-state index contributed by atoms with van der Waals surface area (Å²) in [7, 11) is 0. The van der Waals surface area contributed by atoms with E-state index < -0.39 is 17.5 Å². The molecule has 0 saturated heterocycles. The molecular formula is C17H15F3O. The first-order valence-corrected chi connectivity index (χ1v) is 6.63. The zero-order valence-electron chi connectivity index (χ0n) is 11.6. The standard InChI is InChI=1S/C17H15F3O/c1-12-5-4-6-13(11-12)9-10-16(21)14-7-2-3-8-15(14)17(18,19)20/h2-8,11H,9-10H2,1H3. The molecule has 0 saturated carbocycles. The smallest absolute Gasteiger partial charge is 0.294 e. The molecule has 1 nitrogen and oxygen atoms in total. The third kappa shape index (κ3) is 3.94. The Morgan fingerprint density at radius 1 is 1.05 bits per heavy atom. The summed E-state index contributed by atoms with van der Waals surface area (Å²) in [6.45, 7) is 1.93. The lowest BCUT2D eigenvalue weighted by atomic mass is 9.98. The molecule has 0 aliphatic rings. The maximum Gasteiger partial charge on any atom is 0.417 e. The maximum atomic E-state index is 12.9. The minimum absolute atomic E-state index is 0.0660. The van der Waals surface area contributed by atoms with Crippen molar-refractivity contribution in [3.63, 3.8) is 0 Å². The Morgan fingerprint density at radius 2 is 1.76 bits per heavy atom. The zero-order valence-corrected chi connectivity index (χ0v) is 11.6. The fourth-order valence-electron chi connectivity index (χ4n) is 2.23. The van der Waals surface area contributed by atoms with Gasteiger partial charge >= 0.3 is 6.18 Å². The van der Waals surface area contributed by atoms with E-state index in [-0.39, 0.29) is 12.0 Å². The average molecular weight is 292 g/mol. The Hall–Kier alpha value is -2.10. The van der Waals surface area contributed by atoms with Gasteiger partial charge in [-0.3, -0.25) is 4.79 Å². The van der Waals surface area contributed by atoms with E-state index in [1.807, 2.05) is 31.2 Å². The lowest BCUT2D eigenvalue weighted by Gasteiger charge is -2.11. The fourth-order valence-corrected chi connectivity index (χ4v) is 2.23. The first-order valence-electron chi connectivity index (χ1n) is 6.63. The number of alkyl halides is 3. The van der Waals surface area contributed by atoms with Crippen LogP contribution in [0.1, 0.15) is 33.5 Å². The highest BCUT2D eigenvalue weighted by atomic mass is 19.4. The molecule has 2 aromatic carbocycles. The summed E-state index contributed by atoms with van der Waals surface area (Å²) >= 11 is 0. The Bertz CT molecular complexity index is 644. The molecule has 110 valence electrons. The minimum atomic E-state index is -4.50. The van der Waals surface area contributed by atoms with Crippen molar-refractivity contribution >= 4 is 5.78 Å². The molecule has 21 heavy (non-hydrogen) atoms. The molecule has 0 bridgehead atoms. The molecule has 2 aromatic rings. The van der Waals surface area contributed by atoms with E-state index in [1.54, 1.807) is 0 Å². The van der Waals surface area contributed by atoms with Gasteiger partial charge in [-0.2, -0.15) is 13.2 Å². The number of aryl methyl sites for hydroxylation is 2. The Labute approximate surface area is 121 Å². The highest BCUT2D eigenvalue weighted by Gasteiger charge is 2.34. The molecule has 2 rings (SSSR count). The Balaban J connectivity index is 2.14. The monoisotopic (exact) mass is 292 g/mol. The molecule has 0 atom stereocenters. The predicted octanol–water partition coefficient (Wildman–Crippen LogP) is 4.83. The quantitative estimate of drug-likeness (QED) is 0.738. The van der Waals surface area contributed by atoms with E-state index >= 15 is 0 Å². The lowest BCUT2D eigenvalue weighted by molar-refractivity contribution is -0.137. The summed E-state index contributed by atoms with van der Waals surface area (Å²) in [6, 6.07) is 12.5. The highest BCUT2D eigenvalue weighted by Crippen LogP contribution is 2.32. The molecule has 0 N–H and O–H groups in total. The normalized spacial score (nSPS) is 11.4. The minimum Gasteiger partial charge on any atom is -0.294 e. The van der Waals surface area contributed by atoms with Gasteiger partial charge in [0.05, 0.1) is 5.56 Å². The number of benzene rings is 2. The van der Waals surface area contributed by atoms with Crippen molar-refractivity contribution in [1.29, 1.82) is 0 Å². The molecular weight excluding hydrogens is 277 g/mol. The van der Waals surface area contributed by atoms with Crippen LogP contribution in [0.4, 0.5) is 13.2 Å². The Morgan fingerprint density at radius 3 is 2.43 bits per heavy atom. The summed E-state index contributed by atoms with van der Waals surface area (Å²) in [6.07, 6.45) is -4.00. The van der Waals surface area contributed by atoms with Gasteiger partial charge in [0, 0.05) is 12.0 Å². The highest BCUT2D eigenvalue weighted by molar-refractivity contribution is 5.97. The lowest BCUT2D eigenvalue weighted by Crippen LogP contribution is -2.13. The summed E-state index contributed by atoms with van der Waals surface area (Å²) in [5, 5.41) is 0. The number of rotatable bonds is 4. The van der Waals surface area contributed by atoms with Crippen LogP contribution in [0.5, 0.6) is 0 Å². The van der Waals surface area contributed by atoms with Gasteiger partial charge in [0.15, 0.2) is 5.78 Å². The number of carbonyl (C=O) groups is 1. The van der Waals surface area contributed by atoms with Gasteiger partial charge in [0.1, 0.15) is 0 Å². The second kappa shape index (κ2) is 6.12. The molecule has 0 aromatic heterocycles. The number of hydrogen-bond donors (Lipinski definition) is 0. The van der Waals surface area contributed by atoms with Crippen LogP contribution in [-0.4, -0.2) is 5.78 Å². The molecule has 4 heteroatoms. The van der Waals surface area contributed by atoms with Crippen LogP contribution in [0.2, 0.25) is 0 Å². The molecule has 0 spiro atoms. The molecule has 0 unspecified atom stereocenters. The van der Waals surface area contributed by atoms with E-state index in [2.05, 4.69) is 0 Å². The van der Waals surface area contributed by atoms with Gasteiger partial charge < -0.3 is 0 Å². The van der Waals surface area contributed by atoms with Crippen molar-refractivity contribution in [1.82, 2.24) is 0 Å². The van der Waals surface area contributed by atoms with Gasteiger partial charge in [-0.25, -0.2) is 0 Å². The fraction of sp³-hybridized carbons (Fsp3) is 0.235. The first-order chi connectivity index (χ1) is 9.88. The van der Waals surface area contributed by atoms with Crippen molar-refractivity contribution in [2.75, 3.05) is 0 Å². The van der Waals surface area contributed by atoms with Gasteiger partial charge in [0.2, 0.25) is 0 Å². The molecule has 0 heterocycles. The molecule has 0 aliphatic heterocycles. The van der Waals surface area contributed by atoms with Crippen LogP contribution in [0, 0.1) is 6.92 Å². The van der Waals surface area contributed by atoms with Gasteiger partial charge in [-0.15, -0.1) is 0 Å². The zero-order chi connectivity index (χ0) is 15.5. The second-order valence-corrected chi connectivity index (χ2v) is 4.96. The third-order valence-electron chi connectivity index (χ3n) is 3.26. The molecule has 0 radical (unpaired) electrons. The van der Waals surface area contributed by atoms with Crippen LogP contribution in [0.15, 0.2) is 48.5 Å². The molecule has 0 aliphatic carbocycles. The summed E-state index contributed by atoms with van der Waals surface area (Å²) in [5.41, 5.74) is 0.903. The molecule has 0 fully saturated rings. The number of hydrogen-bond acceptors (Lipinski definition) is 1. The average Bonchev–Trinajstić information content (AvgIpc) is 2.44. The predicted molar refractivity (Wildman–Crippen MR) is 75.3 cm³/mol.